The predicted octanol–water partition coefficient (Wildman–Crippen LogP) is 3.29. The molecule has 0 atom stereocenters. The van der Waals surface area contributed by atoms with E-state index in [0.29, 0.717) is 18.8 Å². The SMILES string of the molecule is C=CC(=O)N1CCC(Nc2ccc(C(F)(F)F)cc2)CC1. The Hall–Kier alpha value is -1.98. The maximum atomic E-state index is 12.5. The van der Waals surface area contributed by atoms with Crippen molar-refractivity contribution in [3.05, 3.63) is 42.5 Å². The fourth-order valence-electron chi connectivity index (χ4n) is 2.36. The number of amides is 1. The molecule has 2 rings (SSSR count). The second-order valence-corrected chi connectivity index (χ2v) is 5.02. The fraction of sp³-hybridized carbons (Fsp3) is 0.400. The smallest absolute Gasteiger partial charge is 0.382 e. The third-order valence-electron chi connectivity index (χ3n) is 3.56. The van der Waals surface area contributed by atoms with Gasteiger partial charge in [0.15, 0.2) is 0 Å². The summed E-state index contributed by atoms with van der Waals surface area (Å²) in [6.07, 6.45) is -1.49. The molecule has 1 heterocycles. The lowest BCUT2D eigenvalue weighted by atomic mass is 10.0. The molecule has 6 heteroatoms. The standard InChI is InChI=1S/C15H17F3N2O/c1-2-14(21)20-9-7-13(8-10-20)19-12-5-3-11(4-6-12)15(16,17)18/h2-6,13,19H,1,7-10H2. The van der Waals surface area contributed by atoms with E-state index in [1.165, 1.54) is 18.2 Å². The molecule has 0 radical (unpaired) electrons. The van der Waals surface area contributed by atoms with E-state index in [9.17, 15) is 18.0 Å². The molecule has 1 aliphatic rings. The Morgan fingerprint density at radius 2 is 1.81 bits per heavy atom. The first kappa shape index (κ1) is 15.4. The van der Waals surface area contributed by atoms with Crippen LogP contribution in [0.5, 0.6) is 0 Å². The third kappa shape index (κ3) is 4.00. The zero-order valence-corrected chi connectivity index (χ0v) is 11.5. The van der Waals surface area contributed by atoms with Gasteiger partial charge in [-0.25, -0.2) is 0 Å². The molecule has 1 fully saturated rings. The molecular formula is C15H17F3N2O. The first-order valence-corrected chi connectivity index (χ1v) is 6.75. The molecular weight excluding hydrogens is 281 g/mol. The molecule has 1 amide bonds. The van der Waals surface area contributed by atoms with E-state index in [-0.39, 0.29) is 11.9 Å². The molecule has 0 aliphatic carbocycles. The van der Waals surface area contributed by atoms with E-state index in [1.54, 1.807) is 4.90 Å². The van der Waals surface area contributed by atoms with E-state index in [1.807, 2.05) is 0 Å². The van der Waals surface area contributed by atoms with Gasteiger partial charge in [-0.3, -0.25) is 4.79 Å². The average molecular weight is 298 g/mol. The Morgan fingerprint density at radius 1 is 1.24 bits per heavy atom. The molecule has 114 valence electrons. The Morgan fingerprint density at radius 3 is 2.29 bits per heavy atom. The summed E-state index contributed by atoms with van der Waals surface area (Å²) in [6, 6.07) is 5.17. The monoisotopic (exact) mass is 298 g/mol. The van der Waals surface area contributed by atoms with Crippen molar-refractivity contribution in [3.8, 4) is 0 Å². The summed E-state index contributed by atoms with van der Waals surface area (Å²) in [5.74, 6) is -0.0806. The summed E-state index contributed by atoms with van der Waals surface area (Å²) in [6.45, 7) is 4.71. The van der Waals surface area contributed by atoms with Gasteiger partial charge in [0.05, 0.1) is 5.56 Å². The van der Waals surface area contributed by atoms with Crippen LogP contribution in [0, 0.1) is 0 Å². The highest BCUT2D eigenvalue weighted by Crippen LogP contribution is 2.30. The summed E-state index contributed by atoms with van der Waals surface area (Å²) in [5, 5.41) is 3.21. The lowest BCUT2D eigenvalue weighted by molar-refractivity contribution is -0.137. The van der Waals surface area contributed by atoms with Crippen molar-refractivity contribution in [1.82, 2.24) is 4.90 Å². The van der Waals surface area contributed by atoms with Gasteiger partial charge in [0, 0.05) is 24.8 Å². The van der Waals surface area contributed by atoms with Crippen LogP contribution in [0.25, 0.3) is 0 Å². The Kier molecular flexibility index (Phi) is 4.55. The molecule has 0 unspecified atom stereocenters. The third-order valence-corrected chi connectivity index (χ3v) is 3.56. The Labute approximate surface area is 121 Å². The number of carbonyl (C=O) groups excluding carboxylic acids is 1. The molecule has 0 spiro atoms. The van der Waals surface area contributed by atoms with Crippen molar-refractivity contribution in [2.75, 3.05) is 18.4 Å². The Bertz CT molecular complexity index is 503. The number of piperidine rings is 1. The molecule has 1 saturated heterocycles. The van der Waals surface area contributed by atoms with Gasteiger partial charge in [-0.2, -0.15) is 13.2 Å². The fourth-order valence-corrected chi connectivity index (χ4v) is 2.36. The van der Waals surface area contributed by atoms with Gasteiger partial charge in [0.25, 0.3) is 0 Å². The van der Waals surface area contributed by atoms with Crippen molar-refractivity contribution in [2.45, 2.75) is 25.1 Å². The van der Waals surface area contributed by atoms with Gasteiger partial charge in [-0.05, 0) is 43.2 Å². The summed E-state index contributed by atoms with van der Waals surface area (Å²) in [5.41, 5.74) is 0.0101. The normalized spacial score (nSPS) is 16.6. The van der Waals surface area contributed by atoms with Crippen molar-refractivity contribution in [2.24, 2.45) is 0 Å². The number of nitrogens with zero attached hydrogens (tertiary/aromatic N) is 1. The largest absolute Gasteiger partial charge is 0.416 e. The van der Waals surface area contributed by atoms with Crippen LogP contribution in [-0.4, -0.2) is 29.9 Å². The van der Waals surface area contributed by atoms with Gasteiger partial charge < -0.3 is 10.2 Å². The maximum Gasteiger partial charge on any atom is 0.416 e. The summed E-state index contributed by atoms with van der Waals surface area (Å²) >= 11 is 0. The highest BCUT2D eigenvalue weighted by molar-refractivity contribution is 5.87. The van der Waals surface area contributed by atoms with Crippen LogP contribution < -0.4 is 5.32 Å². The number of likely N-dealkylation sites (tertiary alicyclic amines) is 1. The number of halogens is 3. The number of carbonyl (C=O) groups is 1. The lowest BCUT2D eigenvalue weighted by Gasteiger charge is -2.32. The molecule has 21 heavy (non-hydrogen) atoms. The van der Waals surface area contributed by atoms with Crippen LogP contribution in [0.4, 0.5) is 18.9 Å². The molecule has 1 aromatic rings. The van der Waals surface area contributed by atoms with E-state index in [2.05, 4.69) is 11.9 Å². The van der Waals surface area contributed by atoms with Crippen LogP contribution in [-0.2, 0) is 11.0 Å². The summed E-state index contributed by atoms with van der Waals surface area (Å²) < 4.78 is 37.4. The summed E-state index contributed by atoms with van der Waals surface area (Å²) in [4.78, 5) is 13.2. The average Bonchev–Trinajstić information content (AvgIpc) is 2.47. The van der Waals surface area contributed by atoms with Crippen LogP contribution in [0.15, 0.2) is 36.9 Å². The number of hydrogen-bond donors (Lipinski definition) is 1. The molecule has 3 nitrogen and oxygen atoms in total. The van der Waals surface area contributed by atoms with Crippen LogP contribution >= 0.6 is 0 Å². The van der Waals surface area contributed by atoms with Crippen molar-refractivity contribution < 1.29 is 18.0 Å². The van der Waals surface area contributed by atoms with Crippen molar-refractivity contribution in [1.29, 1.82) is 0 Å². The number of rotatable bonds is 3. The number of anilines is 1. The zero-order valence-electron chi connectivity index (χ0n) is 11.5. The zero-order chi connectivity index (χ0) is 15.5. The maximum absolute atomic E-state index is 12.5. The second-order valence-electron chi connectivity index (χ2n) is 5.02. The molecule has 0 saturated carbocycles. The van der Waals surface area contributed by atoms with Crippen LogP contribution in [0.2, 0.25) is 0 Å². The van der Waals surface area contributed by atoms with E-state index >= 15 is 0 Å². The first-order valence-electron chi connectivity index (χ1n) is 6.75. The number of alkyl halides is 3. The Balaban J connectivity index is 1.89. The molecule has 0 bridgehead atoms. The highest BCUT2D eigenvalue weighted by atomic mass is 19.4. The minimum atomic E-state index is -4.31. The van der Waals surface area contributed by atoms with E-state index < -0.39 is 11.7 Å². The second kappa shape index (κ2) is 6.20. The van der Waals surface area contributed by atoms with Crippen molar-refractivity contribution >= 4 is 11.6 Å². The minimum Gasteiger partial charge on any atom is -0.382 e. The number of benzene rings is 1. The molecule has 1 N–H and O–H groups in total. The first-order chi connectivity index (χ1) is 9.90. The van der Waals surface area contributed by atoms with Gasteiger partial charge in [0.1, 0.15) is 0 Å². The van der Waals surface area contributed by atoms with Gasteiger partial charge in [-0.15, -0.1) is 0 Å². The van der Waals surface area contributed by atoms with Crippen LogP contribution in [0.1, 0.15) is 18.4 Å². The van der Waals surface area contributed by atoms with Gasteiger partial charge in [-0.1, -0.05) is 6.58 Å². The predicted molar refractivity (Wildman–Crippen MR) is 74.9 cm³/mol. The topological polar surface area (TPSA) is 32.3 Å². The number of hydrogen-bond acceptors (Lipinski definition) is 2. The molecule has 1 aromatic carbocycles. The van der Waals surface area contributed by atoms with Crippen LogP contribution in [0.3, 0.4) is 0 Å². The summed E-state index contributed by atoms with van der Waals surface area (Å²) in [7, 11) is 0. The lowest BCUT2D eigenvalue weighted by Crippen LogP contribution is -2.41. The van der Waals surface area contributed by atoms with Gasteiger partial charge in [0.2, 0.25) is 5.91 Å². The minimum absolute atomic E-state index is 0.0806. The quantitative estimate of drug-likeness (QED) is 0.868. The van der Waals surface area contributed by atoms with Gasteiger partial charge >= 0.3 is 6.18 Å². The highest BCUT2D eigenvalue weighted by Gasteiger charge is 2.30. The van der Waals surface area contributed by atoms with Crippen molar-refractivity contribution in [3.63, 3.8) is 0 Å². The van der Waals surface area contributed by atoms with E-state index in [0.717, 1.165) is 25.0 Å². The van der Waals surface area contributed by atoms with E-state index in [4.69, 9.17) is 0 Å². The molecule has 0 aromatic heterocycles. The number of nitrogens with one attached hydrogen (secondary N) is 1. The molecule has 1 aliphatic heterocycles.